The Morgan fingerprint density at radius 1 is 1.14 bits per heavy atom. The molecule has 21 heavy (non-hydrogen) atoms. The molecule has 2 N–H and O–H groups in total. The van der Waals surface area contributed by atoms with Crippen LogP contribution in [0, 0.1) is 5.82 Å². The van der Waals surface area contributed by atoms with Gasteiger partial charge in [0.25, 0.3) is 0 Å². The number of benzene rings is 1. The monoisotopic (exact) mass is 298 g/mol. The Bertz CT molecular complexity index is 403. The van der Waals surface area contributed by atoms with Gasteiger partial charge in [-0.15, -0.1) is 0 Å². The molecule has 1 atom stereocenters. The lowest BCUT2D eigenvalue weighted by Gasteiger charge is -2.25. The van der Waals surface area contributed by atoms with E-state index in [1.54, 1.807) is 6.07 Å². The van der Waals surface area contributed by atoms with E-state index in [1.807, 2.05) is 31.7 Å². The maximum absolute atomic E-state index is 14.3. The maximum atomic E-state index is 14.3. The van der Waals surface area contributed by atoms with Gasteiger partial charge in [0.15, 0.2) is 0 Å². The van der Waals surface area contributed by atoms with E-state index in [4.69, 9.17) is 15.2 Å². The van der Waals surface area contributed by atoms with Crippen LogP contribution < -0.4 is 10.6 Å². The summed E-state index contributed by atoms with van der Waals surface area (Å²) in [5, 5.41) is 0. The van der Waals surface area contributed by atoms with Gasteiger partial charge in [-0.25, -0.2) is 4.39 Å². The zero-order chi connectivity index (χ0) is 15.7. The van der Waals surface area contributed by atoms with Gasteiger partial charge in [0, 0.05) is 32.3 Å². The smallest absolute Gasteiger partial charge is 0.146 e. The molecule has 0 unspecified atom stereocenters. The van der Waals surface area contributed by atoms with Crippen molar-refractivity contribution in [3.8, 4) is 0 Å². The second-order valence-electron chi connectivity index (χ2n) is 4.88. The van der Waals surface area contributed by atoms with Crippen LogP contribution in [0.4, 0.5) is 10.1 Å². The minimum Gasteiger partial charge on any atom is -0.380 e. The first-order valence-electron chi connectivity index (χ1n) is 7.55. The van der Waals surface area contributed by atoms with Crippen LogP contribution in [0.5, 0.6) is 0 Å². The second-order valence-corrected chi connectivity index (χ2v) is 4.88. The maximum Gasteiger partial charge on any atom is 0.146 e. The highest BCUT2D eigenvalue weighted by atomic mass is 19.1. The fourth-order valence-corrected chi connectivity index (χ4v) is 2.05. The van der Waals surface area contributed by atoms with Crippen LogP contribution in [0.3, 0.4) is 0 Å². The van der Waals surface area contributed by atoms with Crippen molar-refractivity contribution in [1.82, 2.24) is 0 Å². The van der Waals surface area contributed by atoms with E-state index in [0.29, 0.717) is 45.2 Å². The van der Waals surface area contributed by atoms with E-state index >= 15 is 0 Å². The van der Waals surface area contributed by atoms with Crippen LogP contribution in [0.1, 0.15) is 32.4 Å². The SMILES string of the molecule is CCOCCN(CCOCC)c1ccc([C@H](C)N)cc1F. The van der Waals surface area contributed by atoms with E-state index in [2.05, 4.69) is 0 Å². The van der Waals surface area contributed by atoms with Crippen LogP contribution in [0.25, 0.3) is 0 Å². The minimum atomic E-state index is -0.252. The Morgan fingerprint density at radius 2 is 1.71 bits per heavy atom. The molecular weight excluding hydrogens is 271 g/mol. The van der Waals surface area contributed by atoms with Gasteiger partial charge in [0.05, 0.1) is 18.9 Å². The van der Waals surface area contributed by atoms with Gasteiger partial charge in [0.2, 0.25) is 0 Å². The molecule has 0 aliphatic rings. The number of anilines is 1. The average Bonchev–Trinajstić information content (AvgIpc) is 2.46. The first-order chi connectivity index (χ1) is 10.1. The summed E-state index contributed by atoms with van der Waals surface area (Å²) in [5.41, 5.74) is 7.15. The van der Waals surface area contributed by atoms with Gasteiger partial charge in [-0.2, -0.15) is 0 Å². The van der Waals surface area contributed by atoms with Crippen molar-refractivity contribution in [3.63, 3.8) is 0 Å². The summed E-state index contributed by atoms with van der Waals surface area (Å²) in [7, 11) is 0. The third-order valence-corrected chi connectivity index (χ3v) is 3.26. The number of nitrogens with two attached hydrogens (primary N) is 1. The van der Waals surface area contributed by atoms with Crippen LogP contribution in [0.2, 0.25) is 0 Å². The van der Waals surface area contributed by atoms with Gasteiger partial charge in [-0.05, 0) is 38.5 Å². The molecule has 0 saturated carbocycles. The molecule has 0 fully saturated rings. The molecule has 1 aromatic carbocycles. The van der Waals surface area contributed by atoms with Crippen molar-refractivity contribution in [2.75, 3.05) is 44.4 Å². The summed E-state index contributed by atoms with van der Waals surface area (Å²) >= 11 is 0. The van der Waals surface area contributed by atoms with E-state index < -0.39 is 0 Å². The minimum absolute atomic E-state index is 0.172. The first kappa shape index (κ1) is 17.9. The fourth-order valence-electron chi connectivity index (χ4n) is 2.05. The van der Waals surface area contributed by atoms with Crippen molar-refractivity contribution in [2.45, 2.75) is 26.8 Å². The summed E-state index contributed by atoms with van der Waals surface area (Å²) in [6.45, 7) is 9.46. The zero-order valence-corrected chi connectivity index (χ0v) is 13.3. The van der Waals surface area contributed by atoms with E-state index in [9.17, 15) is 4.39 Å². The normalized spacial score (nSPS) is 12.4. The molecule has 0 amide bonds. The third-order valence-electron chi connectivity index (χ3n) is 3.26. The van der Waals surface area contributed by atoms with E-state index in [1.165, 1.54) is 6.07 Å². The fraction of sp³-hybridized carbons (Fsp3) is 0.625. The standard InChI is InChI=1S/C16H27FN2O2/c1-4-20-10-8-19(9-11-21-5-2)16-7-6-14(13(3)18)12-15(16)17/h6-7,12-13H,4-5,8-11,18H2,1-3H3/t13-/m0/s1. The highest BCUT2D eigenvalue weighted by molar-refractivity contribution is 5.49. The second kappa shape index (κ2) is 9.71. The molecule has 0 radical (unpaired) electrons. The lowest BCUT2D eigenvalue weighted by Crippen LogP contribution is -2.32. The van der Waals surface area contributed by atoms with Crippen LogP contribution in [0.15, 0.2) is 18.2 Å². The number of halogens is 1. The Kier molecular flexibility index (Phi) is 8.27. The van der Waals surface area contributed by atoms with Gasteiger partial charge in [-0.1, -0.05) is 6.07 Å². The Balaban J connectivity index is 2.79. The first-order valence-corrected chi connectivity index (χ1v) is 7.55. The lowest BCUT2D eigenvalue weighted by molar-refractivity contribution is 0.141. The quantitative estimate of drug-likeness (QED) is 0.675. The summed E-state index contributed by atoms with van der Waals surface area (Å²) < 4.78 is 25.0. The molecule has 4 nitrogen and oxygen atoms in total. The number of rotatable bonds is 10. The molecule has 0 aliphatic heterocycles. The predicted octanol–water partition coefficient (Wildman–Crippen LogP) is 2.72. The molecule has 5 heteroatoms. The molecule has 1 aromatic rings. The molecule has 1 rings (SSSR count). The highest BCUT2D eigenvalue weighted by Gasteiger charge is 2.13. The van der Waals surface area contributed by atoms with Crippen molar-refractivity contribution >= 4 is 5.69 Å². The summed E-state index contributed by atoms with van der Waals surface area (Å²) in [6, 6.07) is 4.99. The van der Waals surface area contributed by atoms with Gasteiger partial charge < -0.3 is 20.1 Å². The third kappa shape index (κ3) is 5.99. The molecular formula is C16H27FN2O2. The molecule has 0 heterocycles. The molecule has 0 saturated heterocycles. The van der Waals surface area contributed by atoms with E-state index in [0.717, 1.165) is 5.56 Å². The van der Waals surface area contributed by atoms with E-state index in [-0.39, 0.29) is 11.9 Å². The van der Waals surface area contributed by atoms with Gasteiger partial charge in [0.1, 0.15) is 5.82 Å². The van der Waals surface area contributed by atoms with Crippen molar-refractivity contribution in [1.29, 1.82) is 0 Å². The number of nitrogens with zero attached hydrogens (tertiary/aromatic N) is 1. The molecule has 0 aliphatic carbocycles. The number of hydrogen-bond donors (Lipinski definition) is 1. The Morgan fingerprint density at radius 3 is 2.14 bits per heavy atom. The lowest BCUT2D eigenvalue weighted by atomic mass is 10.1. The molecule has 0 aromatic heterocycles. The summed E-state index contributed by atoms with van der Waals surface area (Å²) in [6.07, 6.45) is 0. The number of hydrogen-bond acceptors (Lipinski definition) is 4. The van der Waals surface area contributed by atoms with Crippen molar-refractivity contribution in [3.05, 3.63) is 29.6 Å². The topological polar surface area (TPSA) is 47.7 Å². The average molecular weight is 298 g/mol. The largest absolute Gasteiger partial charge is 0.380 e. The van der Waals surface area contributed by atoms with Crippen LogP contribution in [-0.2, 0) is 9.47 Å². The molecule has 120 valence electrons. The van der Waals surface area contributed by atoms with Crippen molar-refractivity contribution < 1.29 is 13.9 Å². The van der Waals surface area contributed by atoms with Crippen molar-refractivity contribution in [2.24, 2.45) is 5.73 Å². The Hall–Kier alpha value is -1.17. The molecule has 0 spiro atoms. The predicted molar refractivity (Wildman–Crippen MR) is 84.2 cm³/mol. The summed E-state index contributed by atoms with van der Waals surface area (Å²) in [5.74, 6) is -0.252. The Labute approximate surface area is 127 Å². The van der Waals surface area contributed by atoms with Crippen LogP contribution >= 0.6 is 0 Å². The number of ether oxygens (including phenoxy) is 2. The van der Waals surface area contributed by atoms with Gasteiger partial charge in [-0.3, -0.25) is 0 Å². The summed E-state index contributed by atoms with van der Waals surface area (Å²) in [4.78, 5) is 1.95. The molecule has 0 bridgehead atoms. The van der Waals surface area contributed by atoms with Crippen LogP contribution in [-0.4, -0.2) is 39.5 Å². The highest BCUT2D eigenvalue weighted by Crippen LogP contribution is 2.22. The zero-order valence-electron chi connectivity index (χ0n) is 13.3. The van der Waals surface area contributed by atoms with Gasteiger partial charge >= 0.3 is 0 Å².